The molecule has 2 rings (SSSR count). The van der Waals surface area contributed by atoms with Gasteiger partial charge in [-0.2, -0.15) is 0 Å². The van der Waals surface area contributed by atoms with Crippen LogP contribution in [-0.2, 0) is 5.41 Å². The summed E-state index contributed by atoms with van der Waals surface area (Å²) in [5, 5.41) is 19.8. The summed E-state index contributed by atoms with van der Waals surface area (Å²) in [6.07, 6.45) is 0. The Morgan fingerprint density at radius 2 is 1.14 bits per heavy atom. The predicted molar refractivity (Wildman–Crippen MR) is 96.2 cm³/mol. The van der Waals surface area contributed by atoms with E-state index in [9.17, 15) is 10.2 Å². The van der Waals surface area contributed by atoms with Crippen molar-refractivity contribution in [3.05, 3.63) is 54.4 Å². The molecule has 0 spiro atoms. The van der Waals surface area contributed by atoms with Crippen LogP contribution in [0.15, 0.2) is 37.7 Å². The molecule has 0 fully saturated rings. The molecule has 0 aliphatic rings. The molecule has 0 saturated heterocycles. The summed E-state index contributed by atoms with van der Waals surface area (Å²) >= 11 is 10.1. The van der Waals surface area contributed by atoms with Crippen molar-refractivity contribution in [1.82, 2.24) is 0 Å². The summed E-state index contributed by atoms with van der Waals surface area (Å²) in [6, 6.07) is 7.73. The van der Waals surface area contributed by atoms with Gasteiger partial charge in [0.1, 0.15) is 11.5 Å². The highest BCUT2D eigenvalue weighted by molar-refractivity contribution is 9.11. The number of aryl methyl sites for hydroxylation is 1. The second-order valence-electron chi connectivity index (χ2n) is 5.54. The number of aromatic hydroxyl groups is 2. The minimum atomic E-state index is -0.278. The first-order chi connectivity index (χ1) is 9.64. The van der Waals surface area contributed by atoms with Crippen molar-refractivity contribution >= 4 is 47.8 Å². The van der Waals surface area contributed by atoms with Crippen LogP contribution < -0.4 is 0 Å². The lowest BCUT2D eigenvalue weighted by Gasteiger charge is -2.28. The van der Waals surface area contributed by atoms with Crippen LogP contribution in [0.3, 0.4) is 0 Å². The lowest BCUT2D eigenvalue weighted by molar-refractivity contribution is 0.466. The molecule has 2 N–H and O–H groups in total. The van der Waals surface area contributed by atoms with Gasteiger partial charge < -0.3 is 10.2 Å². The van der Waals surface area contributed by atoms with Gasteiger partial charge in [-0.15, -0.1) is 0 Å². The maximum absolute atomic E-state index is 9.90. The van der Waals surface area contributed by atoms with E-state index < -0.39 is 0 Å². The Morgan fingerprint density at radius 3 is 1.57 bits per heavy atom. The van der Waals surface area contributed by atoms with Crippen LogP contribution in [0.2, 0.25) is 0 Å². The fourth-order valence-corrected chi connectivity index (χ4v) is 3.94. The summed E-state index contributed by atoms with van der Waals surface area (Å²) in [6.45, 7) is 6.09. The third-order valence-corrected chi connectivity index (χ3v) is 5.53. The molecule has 0 bridgehead atoms. The minimum Gasteiger partial charge on any atom is -0.506 e. The van der Waals surface area contributed by atoms with Gasteiger partial charge in [0, 0.05) is 5.41 Å². The largest absolute Gasteiger partial charge is 0.506 e. The van der Waals surface area contributed by atoms with Gasteiger partial charge in [0.25, 0.3) is 0 Å². The van der Waals surface area contributed by atoms with Gasteiger partial charge in [-0.05, 0) is 89.6 Å². The van der Waals surface area contributed by atoms with E-state index in [0.717, 1.165) is 16.7 Å². The molecule has 0 aromatic heterocycles. The zero-order valence-corrected chi connectivity index (χ0v) is 16.6. The molecule has 2 nitrogen and oxygen atoms in total. The molecule has 21 heavy (non-hydrogen) atoms. The topological polar surface area (TPSA) is 40.5 Å². The zero-order chi connectivity index (χ0) is 15.9. The smallest absolute Gasteiger partial charge is 0.143 e. The summed E-state index contributed by atoms with van der Waals surface area (Å²) in [4.78, 5) is 0. The highest BCUT2D eigenvalue weighted by atomic mass is 79.9. The molecule has 2 aromatic carbocycles. The van der Waals surface area contributed by atoms with E-state index in [1.807, 2.05) is 31.2 Å². The van der Waals surface area contributed by atoms with Crippen LogP contribution in [0.1, 0.15) is 30.5 Å². The van der Waals surface area contributed by atoms with Crippen molar-refractivity contribution in [2.24, 2.45) is 0 Å². The van der Waals surface area contributed by atoms with Gasteiger partial charge in [-0.1, -0.05) is 19.9 Å². The highest BCUT2D eigenvalue weighted by Crippen LogP contribution is 2.42. The fourth-order valence-electron chi connectivity index (χ4n) is 2.19. The summed E-state index contributed by atoms with van der Waals surface area (Å²) in [7, 11) is 0. The standard InChI is InChI=1S/C16H15Br3O2/c1-8-4-9(5-11(17)14(8)20)16(2,3)10-6-12(18)15(21)13(19)7-10/h4-7,20-21H,1-3H3. The van der Waals surface area contributed by atoms with E-state index in [-0.39, 0.29) is 16.9 Å². The second-order valence-corrected chi connectivity index (χ2v) is 8.10. The zero-order valence-electron chi connectivity index (χ0n) is 11.8. The lowest BCUT2D eigenvalue weighted by atomic mass is 9.77. The van der Waals surface area contributed by atoms with E-state index in [1.165, 1.54) is 0 Å². The van der Waals surface area contributed by atoms with Gasteiger partial charge in [-0.3, -0.25) is 0 Å². The summed E-state index contributed by atoms with van der Waals surface area (Å²) in [5.41, 5.74) is 2.68. The Balaban J connectivity index is 2.61. The number of phenols is 2. The van der Waals surface area contributed by atoms with Crippen LogP contribution in [0.5, 0.6) is 11.5 Å². The van der Waals surface area contributed by atoms with Gasteiger partial charge >= 0.3 is 0 Å². The molecule has 112 valence electrons. The lowest BCUT2D eigenvalue weighted by Crippen LogP contribution is -2.19. The molecule has 0 aliphatic carbocycles. The Morgan fingerprint density at radius 1 is 0.762 bits per heavy atom. The van der Waals surface area contributed by atoms with Gasteiger partial charge in [0.05, 0.1) is 13.4 Å². The van der Waals surface area contributed by atoms with Gasteiger partial charge in [0.15, 0.2) is 0 Å². The molecular weight excluding hydrogens is 464 g/mol. The van der Waals surface area contributed by atoms with Crippen LogP contribution in [0.25, 0.3) is 0 Å². The van der Waals surface area contributed by atoms with E-state index in [1.54, 1.807) is 0 Å². The molecule has 0 radical (unpaired) electrons. The second kappa shape index (κ2) is 5.94. The Bertz CT molecular complexity index is 603. The Hall–Kier alpha value is -0.520. The third kappa shape index (κ3) is 3.15. The number of halogens is 3. The first kappa shape index (κ1) is 16.8. The molecule has 2 aromatic rings. The molecule has 0 atom stereocenters. The first-order valence-corrected chi connectivity index (χ1v) is 8.70. The third-order valence-electron chi connectivity index (χ3n) is 3.71. The molecule has 5 heteroatoms. The maximum atomic E-state index is 9.90. The van der Waals surface area contributed by atoms with Gasteiger partial charge in [-0.25, -0.2) is 0 Å². The quantitative estimate of drug-likeness (QED) is 0.554. The monoisotopic (exact) mass is 476 g/mol. The number of rotatable bonds is 2. The average Bonchev–Trinajstić information content (AvgIpc) is 2.40. The molecular formula is C16H15Br3O2. The van der Waals surface area contributed by atoms with E-state index in [2.05, 4.69) is 61.6 Å². The number of hydrogen-bond donors (Lipinski definition) is 2. The van der Waals surface area contributed by atoms with E-state index in [4.69, 9.17) is 0 Å². The molecule has 0 aliphatic heterocycles. The van der Waals surface area contributed by atoms with Crippen LogP contribution >= 0.6 is 47.8 Å². The average molecular weight is 479 g/mol. The van der Waals surface area contributed by atoms with E-state index in [0.29, 0.717) is 13.4 Å². The van der Waals surface area contributed by atoms with E-state index >= 15 is 0 Å². The predicted octanol–water partition coefficient (Wildman–Crippen LogP) is 6.02. The Kier molecular flexibility index (Phi) is 4.76. The van der Waals surface area contributed by atoms with Crippen LogP contribution in [-0.4, -0.2) is 10.2 Å². The Labute approximate surface area is 149 Å². The first-order valence-electron chi connectivity index (χ1n) is 6.32. The number of phenolic OH excluding ortho intramolecular Hbond substituents is 2. The number of hydrogen-bond acceptors (Lipinski definition) is 2. The highest BCUT2D eigenvalue weighted by Gasteiger charge is 2.26. The molecule has 0 heterocycles. The summed E-state index contributed by atoms with van der Waals surface area (Å²) in [5.74, 6) is 0.459. The maximum Gasteiger partial charge on any atom is 0.143 e. The molecule has 0 unspecified atom stereocenters. The fraction of sp³-hybridized carbons (Fsp3) is 0.250. The number of benzene rings is 2. The summed E-state index contributed by atoms with van der Waals surface area (Å²) < 4.78 is 1.98. The van der Waals surface area contributed by atoms with Crippen LogP contribution in [0.4, 0.5) is 0 Å². The van der Waals surface area contributed by atoms with Crippen molar-refractivity contribution in [1.29, 1.82) is 0 Å². The SMILES string of the molecule is Cc1cc(C(C)(C)c2cc(Br)c(O)c(Br)c2)cc(Br)c1O. The van der Waals surface area contributed by atoms with Crippen molar-refractivity contribution < 1.29 is 10.2 Å². The normalized spacial score (nSPS) is 11.7. The van der Waals surface area contributed by atoms with Gasteiger partial charge in [0.2, 0.25) is 0 Å². The van der Waals surface area contributed by atoms with Crippen molar-refractivity contribution in [3.63, 3.8) is 0 Å². The van der Waals surface area contributed by atoms with Crippen molar-refractivity contribution in [2.75, 3.05) is 0 Å². The molecule has 0 amide bonds. The van der Waals surface area contributed by atoms with Crippen LogP contribution in [0, 0.1) is 6.92 Å². The minimum absolute atomic E-state index is 0.192. The van der Waals surface area contributed by atoms with Crippen molar-refractivity contribution in [3.8, 4) is 11.5 Å². The van der Waals surface area contributed by atoms with Crippen molar-refractivity contribution in [2.45, 2.75) is 26.2 Å². The molecule has 0 saturated carbocycles.